The number of H-pyrrole nitrogens is 1. The summed E-state index contributed by atoms with van der Waals surface area (Å²) >= 11 is 0. The van der Waals surface area contributed by atoms with Crippen LogP contribution in [0, 0.1) is 0 Å². The molecule has 5 rings (SSSR count). The number of aromatic nitrogens is 4. The van der Waals surface area contributed by atoms with E-state index < -0.39 is 12.1 Å². The largest absolute Gasteiger partial charge is 0.492 e. The number of carbonyl (C=O) groups excluding carboxylic acids is 1. The highest BCUT2D eigenvalue weighted by atomic mass is 19.4. The van der Waals surface area contributed by atoms with Gasteiger partial charge < -0.3 is 19.1 Å². The van der Waals surface area contributed by atoms with E-state index in [9.17, 15) is 18.0 Å². The van der Waals surface area contributed by atoms with Crippen LogP contribution in [0.2, 0.25) is 0 Å². The zero-order chi connectivity index (χ0) is 26.6. The lowest BCUT2D eigenvalue weighted by atomic mass is 10.0. The zero-order valence-corrected chi connectivity index (χ0v) is 19.8. The fraction of sp³-hybridized carbons (Fsp3) is 0.333. The Kier molecular flexibility index (Phi) is 7.74. The van der Waals surface area contributed by atoms with Gasteiger partial charge in [0, 0.05) is 54.7 Å². The van der Waals surface area contributed by atoms with Gasteiger partial charge in [-0.05, 0) is 29.8 Å². The van der Waals surface area contributed by atoms with Crippen molar-refractivity contribution in [3.63, 3.8) is 0 Å². The Balaban J connectivity index is 0.000000405. The van der Waals surface area contributed by atoms with Gasteiger partial charge in [-0.15, -0.1) is 0 Å². The van der Waals surface area contributed by atoms with E-state index in [1.165, 1.54) is 0 Å². The van der Waals surface area contributed by atoms with Gasteiger partial charge in [0.25, 0.3) is 0 Å². The standard InChI is InChI=1S/C22H23N5O3.C2HF3O2/c1-26-13-20(17-10-15(14-28)24-22-19(17)12-23-25-22)18-11-16(2-3-21(18)26)30-9-6-27-4-7-29-8-5-27;3-2(4,5)1(6)7/h2-3,10-14H,4-9H2,1H3,(H,23,24,25);(H,6,7). The van der Waals surface area contributed by atoms with Crippen LogP contribution in [0.5, 0.6) is 5.75 Å². The lowest BCUT2D eigenvalue weighted by Crippen LogP contribution is -2.38. The van der Waals surface area contributed by atoms with Crippen molar-refractivity contribution in [2.75, 3.05) is 39.5 Å². The predicted octanol–water partition coefficient (Wildman–Crippen LogP) is 3.27. The number of ether oxygens (including phenoxy) is 2. The molecule has 10 nitrogen and oxygen atoms in total. The van der Waals surface area contributed by atoms with Crippen molar-refractivity contribution in [1.29, 1.82) is 0 Å². The van der Waals surface area contributed by atoms with Gasteiger partial charge in [-0.25, -0.2) is 9.78 Å². The van der Waals surface area contributed by atoms with Crippen molar-refractivity contribution in [3.05, 3.63) is 42.4 Å². The van der Waals surface area contributed by atoms with Gasteiger partial charge in [0.05, 0.1) is 19.4 Å². The minimum absolute atomic E-state index is 0.372. The molecule has 1 aliphatic heterocycles. The average Bonchev–Trinajstić information content (AvgIpc) is 3.48. The van der Waals surface area contributed by atoms with Crippen molar-refractivity contribution in [3.8, 4) is 16.9 Å². The molecule has 0 spiro atoms. The average molecular weight is 519 g/mol. The number of hydrogen-bond acceptors (Lipinski definition) is 7. The van der Waals surface area contributed by atoms with Crippen molar-refractivity contribution >= 4 is 34.2 Å². The minimum Gasteiger partial charge on any atom is -0.492 e. The third-order valence-electron chi connectivity index (χ3n) is 5.84. The smallest absolute Gasteiger partial charge is 0.490 e. The number of fused-ring (bicyclic) bond motifs is 2. The molecule has 4 heterocycles. The van der Waals surface area contributed by atoms with Crippen LogP contribution in [-0.2, 0) is 16.6 Å². The summed E-state index contributed by atoms with van der Waals surface area (Å²) in [6, 6.07) is 7.95. The first-order chi connectivity index (χ1) is 17.7. The number of aliphatic carboxylic acids is 1. The summed E-state index contributed by atoms with van der Waals surface area (Å²) in [5.74, 6) is -1.93. The quantitative estimate of drug-likeness (QED) is 0.372. The van der Waals surface area contributed by atoms with Crippen LogP contribution in [0.3, 0.4) is 0 Å². The molecule has 37 heavy (non-hydrogen) atoms. The molecule has 1 saturated heterocycles. The molecule has 0 radical (unpaired) electrons. The second-order valence-electron chi connectivity index (χ2n) is 8.28. The predicted molar refractivity (Wildman–Crippen MR) is 128 cm³/mol. The van der Waals surface area contributed by atoms with E-state index in [-0.39, 0.29) is 0 Å². The number of aldehydes is 1. The summed E-state index contributed by atoms with van der Waals surface area (Å²) in [7, 11) is 2.01. The molecule has 196 valence electrons. The number of carboxylic acids is 1. The lowest BCUT2D eigenvalue weighted by molar-refractivity contribution is -0.192. The van der Waals surface area contributed by atoms with Crippen molar-refractivity contribution in [2.24, 2.45) is 7.05 Å². The van der Waals surface area contributed by atoms with Crippen LogP contribution in [-0.4, -0.2) is 87.6 Å². The number of morpholine rings is 1. The van der Waals surface area contributed by atoms with Gasteiger partial charge in [-0.3, -0.25) is 14.8 Å². The molecule has 1 aliphatic rings. The van der Waals surface area contributed by atoms with E-state index in [2.05, 4.69) is 43.0 Å². The third kappa shape index (κ3) is 6.06. The number of aromatic amines is 1. The van der Waals surface area contributed by atoms with Crippen molar-refractivity contribution < 1.29 is 37.3 Å². The molecule has 0 bridgehead atoms. The fourth-order valence-corrected chi connectivity index (χ4v) is 4.02. The summed E-state index contributed by atoms with van der Waals surface area (Å²) in [5.41, 5.74) is 4.00. The summed E-state index contributed by atoms with van der Waals surface area (Å²) in [4.78, 5) is 26.9. The molecule has 0 atom stereocenters. The van der Waals surface area contributed by atoms with E-state index >= 15 is 0 Å². The monoisotopic (exact) mass is 519 g/mol. The lowest BCUT2D eigenvalue weighted by Gasteiger charge is -2.26. The van der Waals surface area contributed by atoms with Crippen LogP contribution in [0.1, 0.15) is 10.5 Å². The molecule has 0 amide bonds. The molecule has 3 aromatic heterocycles. The number of alkyl halides is 3. The highest BCUT2D eigenvalue weighted by molar-refractivity contribution is 6.05. The van der Waals surface area contributed by atoms with Gasteiger partial charge in [-0.1, -0.05) is 0 Å². The second-order valence-corrected chi connectivity index (χ2v) is 8.28. The number of aryl methyl sites for hydroxylation is 1. The number of nitrogens with zero attached hydrogens (tertiary/aromatic N) is 4. The second kappa shape index (κ2) is 11.0. The number of pyridine rings is 1. The van der Waals surface area contributed by atoms with Gasteiger partial charge >= 0.3 is 12.1 Å². The molecule has 0 aliphatic carbocycles. The summed E-state index contributed by atoms with van der Waals surface area (Å²) in [6.45, 7) is 4.99. The Hall–Kier alpha value is -3.97. The molecule has 1 fully saturated rings. The third-order valence-corrected chi connectivity index (χ3v) is 5.84. The number of halogens is 3. The van der Waals surface area contributed by atoms with E-state index in [1.54, 1.807) is 6.20 Å². The topological polar surface area (TPSA) is 123 Å². The number of carbonyl (C=O) groups is 2. The van der Waals surface area contributed by atoms with Gasteiger partial charge in [-0.2, -0.15) is 18.3 Å². The fourth-order valence-electron chi connectivity index (χ4n) is 4.02. The highest BCUT2D eigenvalue weighted by Crippen LogP contribution is 2.36. The SMILES string of the molecule is Cn1cc(-c2cc(C=O)nc3[nH]ncc23)c2cc(OCCN3CCOCC3)ccc21.O=C(O)C(F)(F)F. The van der Waals surface area contributed by atoms with Crippen LogP contribution < -0.4 is 4.74 Å². The zero-order valence-electron chi connectivity index (χ0n) is 19.8. The summed E-state index contributed by atoms with van der Waals surface area (Å²) < 4.78 is 45.3. The number of carboxylic acid groups (broad SMARTS) is 1. The molecular formula is C24H24F3N5O5. The minimum atomic E-state index is -5.08. The first-order valence-electron chi connectivity index (χ1n) is 11.3. The molecule has 0 unspecified atom stereocenters. The molecule has 1 aromatic carbocycles. The van der Waals surface area contributed by atoms with E-state index in [1.807, 2.05) is 19.2 Å². The Morgan fingerprint density at radius 3 is 2.62 bits per heavy atom. The molecule has 4 aromatic rings. The van der Waals surface area contributed by atoms with Gasteiger partial charge in [0.1, 0.15) is 18.1 Å². The Bertz CT molecular complexity index is 1410. The van der Waals surface area contributed by atoms with E-state index in [0.29, 0.717) is 17.9 Å². The molecule has 0 saturated carbocycles. The van der Waals surface area contributed by atoms with Crippen LogP contribution >= 0.6 is 0 Å². The summed E-state index contributed by atoms with van der Waals surface area (Å²) in [6.07, 6.45) is -0.513. The number of rotatable bonds is 6. The molecule has 13 heteroatoms. The first kappa shape index (κ1) is 26.1. The first-order valence-corrected chi connectivity index (χ1v) is 11.3. The highest BCUT2D eigenvalue weighted by Gasteiger charge is 2.38. The maximum Gasteiger partial charge on any atom is 0.490 e. The van der Waals surface area contributed by atoms with E-state index in [0.717, 1.165) is 72.3 Å². The maximum absolute atomic E-state index is 11.4. The Morgan fingerprint density at radius 1 is 1.22 bits per heavy atom. The van der Waals surface area contributed by atoms with Crippen LogP contribution in [0.4, 0.5) is 13.2 Å². The van der Waals surface area contributed by atoms with Crippen molar-refractivity contribution in [2.45, 2.75) is 6.18 Å². The van der Waals surface area contributed by atoms with Gasteiger partial charge in [0.2, 0.25) is 0 Å². The molecular weight excluding hydrogens is 495 g/mol. The maximum atomic E-state index is 11.4. The normalized spacial score (nSPS) is 14.4. The number of nitrogens with one attached hydrogen (secondary N) is 1. The van der Waals surface area contributed by atoms with Crippen molar-refractivity contribution in [1.82, 2.24) is 24.6 Å². The van der Waals surface area contributed by atoms with E-state index in [4.69, 9.17) is 19.4 Å². The number of benzene rings is 1. The van der Waals surface area contributed by atoms with Crippen LogP contribution in [0.15, 0.2) is 36.7 Å². The Morgan fingerprint density at radius 2 is 1.95 bits per heavy atom. The molecule has 2 N–H and O–H groups in total. The van der Waals surface area contributed by atoms with Gasteiger partial charge in [0.15, 0.2) is 11.9 Å². The Labute approximate surface area is 208 Å². The number of hydrogen-bond donors (Lipinski definition) is 2. The van der Waals surface area contributed by atoms with Crippen LogP contribution in [0.25, 0.3) is 33.1 Å². The summed E-state index contributed by atoms with van der Waals surface area (Å²) in [5, 5.41) is 16.0.